The third-order valence-corrected chi connectivity index (χ3v) is 8.30. The molecule has 6 N–H and O–H groups in total. The first-order valence-corrected chi connectivity index (χ1v) is 15.6. The van der Waals surface area contributed by atoms with Crippen LogP contribution < -0.4 is 22.3 Å². The van der Waals surface area contributed by atoms with Gasteiger partial charge in [0.05, 0.1) is 6.42 Å². The van der Waals surface area contributed by atoms with Gasteiger partial charge in [-0.2, -0.15) is 0 Å². The fourth-order valence-electron chi connectivity index (χ4n) is 5.33. The van der Waals surface area contributed by atoms with Crippen molar-refractivity contribution >= 4 is 35.5 Å². The van der Waals surface area contributed by atoms with Gasteiger partial charge in [-0.3, -0.25) is 34.2 Å². The highest BCUT2D eigenvalue weighted by molar-refractivity contribution is 5.96. The Labute approximate surface area is 261 Å². The summed E-state index contributed by atoms with van der Waals surface area (Å²) in [5, 5.41) is 2.87. The topological polar surface area (TPSA) is 197 Å². The lowest BCUT2D eigenvalue weighted by Gasteiger charge is -2.38. The molecule has 0 aromatic rings. The third kappa shape index (κ3) is 10.1. The van der Waals surface area contributed by atoms with Crippen molar-refractivity contribution in [2.24, 2.45) is 29.3 Å². The van der Waals surface area contributed by atoms with Gasteiger partial charge in [-0.05, 0) is 43.9 Å². The molecule has 5 amide bonds. The van der Waals surface area contributed by atoms with Crippen molar-refractivity contribution < 1.29 is 33.5 Å². The average Bonchev–Trinajstić information content (AvgIpc) is 3.47. The normalized spacial score (nSPS) is 18.2. The predicted octanol–water partition coefficient (Wildman–Crippen LogP) is 0.135. The van der Waals surface area contributed by atoms with E-state index >= 15 is 0 Å². The van der Waals surface area contributed by atoms with Crippen molar-refractivity contribution in [1.29, 1.82) is 0 Å². The van der Waals surface area contributed by atoms with Crippen LogP contribution in [0.4, 0.5) is 0 Å². The smallest absolute Gasteiger partial charge is 0.307 e. The molecule has 6 atom stereocenters. The van der Waals surface area contributed by atoms with Crippen LogP contribution in [-0.4, -0.2) is 108 Å². The van der Waals surface area contributed by atoms with Crippen molar-refractivity contribution in [3.63, 3.8) is 0 Å². The lowest BCUT2D eigenvalue weighted by atomic mass is 9.94. The van der Waals surface area contributed by atoms with E-state index < -0.39 is 65.8 Å². The molecule has 1 aliphatic heterocycles. The first kappa shape index (κ1) is 38.8. The Bertz CT molecular complexity index is 1020. The molecule has 0 aromatic heterocycles. The standard InChI is InChI=1S/C30H55N7O7/c1-10-19(6)24(29(42)36(9)25(18(4)5)30(43)35(8)20(7)26(39)34-32)33-27(40)21-12-11-15-37(21)28(41)22(16-17(2)3)44-23(38)13-14-31/h17-22,24-25H,10-16,31-32H2,1-9H3,(H,33,40)(H,34,39)/t19-,20-,21-,22+,24-,25-/m0/s1. The summed E-state index contributed by atoms with van der Waals surface area (Å²) in [4.78, 5) is 83.0. The van der Waals surface area contributed by atoms with Gasteiger partial charge in [0.2, 0.25) is 17.7 Å². The second-order valence-corrected chi connectivity index (χ2v) is 12.5. The number of nitrogens with one attached hydrogen (secondary N) is 2. The van der Waals surface area contributed by atoms with Crippen molar-refractivity contribution in [2.45, 2.75) is 111 Å². The summed E-state index contributed by atoms with van der Waals surface area (Å²) < 4.78 is 5.47. The number of carbonyl (C=O) groups excluding carboxylic acids is 6. The molecule has 14 nitrogen and oxygen atoms in total. The predicted molar refractivity (Wildman–Crippen MR) is 165 cm³/mol. The second-order valence-electron chi connectivity index (χ2n) is 12.5. The summed E-state index contributed by atoms with van der Waals surface area (Å²) in [5.41, 5.74) is 7.50. The first-order valence-electron chi connectivity index (χ1n) is 15.6. The highest BCUT2D eigenvalue weighted by atomic mass is 16.5. The van der Waals surface area contributed by atoms with Gasteiger partial charge in [-0.25, -0.2) is 5.84 Å². The zero-order valence-corrected chi connectivity index (χ0v) is 27.9. The minimum atomic E-state index is -1.04. The molecule has 1 saturated heterocycles. The zero-order valence-electron chi connectivity index (χ0n) is 27.9. The fourth-order valence-corrected chi connectivity index (χ4v) is 5.33. The number of rotatable bonds is 16. The van der Waals surface area contributed by atoms with Crippen LogP contribution in [0.3, 0.4) is 0 Å². The molecular weight excluding hydrogens is 570 g/mol. The molecule has 0 bridgehead atoms. The number of esters is 1. The van der Waals surface area contributed by atoms with E-state index in [1.54, 1.807) is 13.8 Å². The van der Waals surface area contributed by atoms with Gasteiger partial charge in [-0.1, -0.05) is 48.0 Å². The van der Waals surface area contributed by atoms with Crippen molar-refractivity contribution in [3.05, 3.63) is 0 Å². The van der Waals surface area contributed by atoms with Gasteiger partial charge in [0, 0.05) is 27.2 Å². The zero-order chi connectivity index (χ0) is 33.9. The quantitative estimate of drug-likeness (QED) is 0.0797. The summed E-state index contributed by atoms with van der Waals surface area (Å²) in [5.74, 6) is 1.70. The molecule has 1 rings (SSSR count). The number of carbonyl (C=O) groups is 6. The Hall–Kier alpha value is -3.26. The van der Waals surface area contributed by atoms with Gasteiger partial charge in [0.15, 0.2) is 6.10 Å². The number of nitrogens with zero attached hydrogens (tertiary/aromatic N) is 3. The van der Waals surface area contributed by atoms with Gasteiger partial charge in [0.1, 0.15) is 24.2 Å². The minimum absolute atomic E-state index is 0.0210. The maximum absolute atomic E-state index is 13.9. The van der Waals surface area contributed by atoms with Gasteiger partial charge < -0.3 is 30.5 Å². The molecule has 1 heterocycles. The van der Waals surface area contributed by atoms with Crippen LogP contribution in [-0.2, 0) is 33.5 Å². The number of nitrogens with two attached hydrogens (primary N) is 2. The summed E-state index contributed by atoms with van der Waals surface area (Å²) in [6, 6.07) is -3.62. The Morgan fingerprint density at radius 1 is 0.977 bits per heavy atom. The Balaban J connectivity index is 3.24. The largest absolute Gasteiger partial charge is 0.452 e. The third-order valence-electron chi connectivity index (χ3n) is 8.30. The molecule has 1 aliphatic rings. The van der Waals surface area contributed by atoms with Crippen molar-refractivity contribution in [1.82, 2.24) is 25.4 Å². The molecule has 0 saturated carbocycles. The van der Waals surface area contributed by atoms with E-state index in [1.807, 2.05) is 33.1 Å². The lowest BCUT2D eigenvalue weighted by molar-refractivity contribution is -0.162. The summed E-state index contributed by atoms with van der Waals surface area (Å²) >= 11 is 0. The first-order chi connectivity index (χ1) is 20.5. The average molecular weight is 626 g/mol. The summed E-state index contributed by atoms with van der Waals surface area (Å²) in [6.45, 7) is 13.1. The molecule has 0 unspecified atom stereocenters. The van der Waals surface area contributed by atoms with E-state index in [0.29, 0.717) is 32.2 Å². The van der Waals surface area contributed by atoms with Crippen LogP contribution in [0.2, 0.25) is 0 Å². The van der Waals surface area contributed by atoms with E-state index in [9.17, 15) is 28.8 Å². The number of amides is 5. The summed E-state index contributed by atoms with van der Waals surface area (Å²) in [7, 11) is 2.97. The summed E-state index contributed by atoms with van der Waals surface area (Å²) in [6.07, 6.45) is 0.745. The van der Waals surface area contributed by atoms with Gasteiger partial charge in [0.25, 0.3) is 11.8 Å². The highest BCUT2D eigenvalue weighted by Crippen LogP contribution is 2.24. The van der Waals surface area contributed by atoms with E-state index in [0.717, 1.165) is 0 Å². The van der Waals surface area contributed by atoms with Crippen molar-refractivity contribution in [2.75, 3.05) is 27.2 Å². The molecular formula is C30H55N7O7. The fraction of sp³-hybridized carbons (Fsp3) is 0.800. The molecule has 252 valence electrons. The number of ether oxygens (including phenoxy) is 1. The molecule has 14 heteroatoms. The van der Waals surface area contributed by atoms with E-state index in [2.05, 4.69) is 5.32 Å². The lowest BCUT2D eigenvalue weighted by Crippen LogP contribution is -2.61. The van der Waals surface area contributed by atoms with Gasteiger partial charge in [-0.15, -0.1) is 0 Å². The van der Waals surface area contributed by atoms with E-state index in [1.165, 1.54) is 35.7 Å². The molecule has 1 fully saturated rings. The van der Waals surface area contributed by atoms with Gasteiger partial charge >= 0.3 is 5.97 Å². The van der Waals surface area contributed by atoms with Crippen LogP contribution in [0.1, 0.15) is 80.6 Å². The van der Waals surface area contributed by atoms with Crippen LogP contribution in [0, 0.1) is 17.8 Å². The maximum atomic E-state index is 13.9. The highest BCUT2D eigenvalue weighted by Gasteiger charge is 2.42. The number of hydrogen-bond acceptors (Lipinski definition) is 9. The Kier molecular flexibility index (Phi) is 15.8. The van der Waals surface area contributed by atoms with Crippen molar-refractivity contribution in [3.8, 4) is 0 Å². The Morgan fingerprint density at radius 3 is 2.09 bits per heavy atom. The number of likely N-dealkylation sites (N-methyl/N-ethyl adjacent to an activating group) is 2. The number of hydrazine groups is 1. The maximum Gasteiger partial charge on any atom is 0.307 e. The van der Waals surface area contributed by atoms with Crippen LogP contribution >= 0.6 is 0 Å². The number of hydrogen-bond donors (Lipinski definition) is 4. The minimum Gasteiger partial charge on any atom is -0.452 e. The Morgan fingerprint density at radius 2 is 1.59 bits per heavy atom. The SMILES string of the molecule is CC[C@H](C)[C@H](NC(=O)[C@@H]1CCCN1C(=O)[C@@H](CC(C)C)OC(=O)CCN)C(=O)N(C)[C@H](C(=O)N(C)[C@@H](C)C(=O)NN)C(C)C. The molecule has 0 aliphatic carbocycles. The second kappa shape index (κ2) is 17.9. The molecule has 0 aromatic carbocycles. The van der Waals surface area contributed by atoms with Crippen LogP contribution in [0.15, 0.2) is 0 Å². The van der Waals surface area contributed by atoms with E-state index in [4.69, 9.17) is 16.3 Å². The number of likely N-dealkylation sites (tertiary alicyclic amines) is 1. The van der Waals surface area contributed by atoms with E-state index in [-0.39, 0.29) is 30.7 Å². The monoisotopic (exact) mass is 625 g/mol. The molecule has 44 heavy (non-hydrogen) atoms. The molecule has 0 radical (unpaired) electrons. The molecule has 0 spiro atoms. The van der Waals surface area contributed by atoms with Crippen LogP contribution in [0.5, 0.6) is 0 Å². The van der Waals surface area contributed by atoms with Crippen LogP contribution in [0.25, 0.3) is 0 Å².